The number of nitrogens with zero attached hydrogens (tertiary/aromatic N) is 1. The second-order valence-corrected chi connectivity index (χ2v) is 4.66. The molecule has 17 heavy (non-hydrogen) atoms. The number of aryl methyl sites for hydroxylation is 1. The van der Waals surface area contributed by atoms with E-state index >= 15 is 0 Å². The van der Waals surface area contributed by atoms with Crippen molar-refractivity contribution in [1.29, 1.82) is 5.26 Å². The highest BCUT2D eigenvalue weighted by molar-refractivity contribution is 7.99. The molecule has 0 unspecified atom stereocenters. The Morgan fingerprint density at radius 1 is 1.41 bits per heavy atom. The number of nitrogens with one attached hydrogen (secondary N) is 1. The summed E-state index contributed by atoms with van der Waals surface area (Å²) in [4.78, 5) is 11.5. The maximum absolute atomic E-state index is 11.5. The summed E-state index contributed by atoms with van der Waals surface area (Å²) in [6.07, 6.45) is 1.49. The van der Waals surface area contributed by atoms with Gasteiger partial charge in [0.2, 0.25) is 5.91 Å². The topological polar surface area (TPSA) is 52.9 Å². The fourth-order valence-electron chi connectivity index (χ4n) is 1.30. The number of rotatable bonds is 6. The number of hydrogen-bond acceptors (Lipinski definition) is 3. The first-order valence-corrected chi connectivity index (χ1v) is 6.75. The van der Waals surface area contributed by atoms with Crippen molar-refractivity contribution >= 4 is 23.4 Å². The highest BCUT2D eigenvalue weighted by Gasteiger charge is 2.02. The molecule has 3 nitrogen and oxygen atoms in total. The lowest BCUT2D eigenvalue weighted by atomic mass is 10.1. The molecule has 0 aliphatic carbocycles. The molecule has 90 valence electrons. The van der Waals surface area contributed by atoms with Crippen LogP contribution in [0.1, 0.15) is 18.9 Å². The first-order valence-electron chi connectivity index (χ1n) is 5.59. The summed E-state index contributed by atoms with van der Waals surface area (Å²) in [7, 11) is 0. The summed E-state index contributed by atoms with van der Waals surface area (Å²) < 4.78 is 0. The van der Waals surface area contributed by atoms with Crippen LogP contribution in [0.2, 0.25) is 0 Å². The highest BCUT2D eigenvalue weighted by atomic mass is 32.2. The zero-order valence-corrected chi connectivity index (χ0v) is 10.7. The van der Waals surface area contributed by atoms with Crippen LogP contribution in [-0.4, -0.2) is 17.4 Å². The summed E-state index contributed by atoms with van der Waals surface area (Å²) in [6.45, 7) is 2.10. The molecule has 0 saturated carbocycles. The lowest BCUT2D eigenvalue weighted by molar-refractivity contribution is -0.113. The second kappa shape index (κ2) is 7.75. The van der Waals surface area contributed by atoms with Gasteiger partial charge in [0.15, 0.2) is 0 Å². The first kappa shape index (κ1) is 13.6. The van der Waals surface area contributed by atoms with Crippen molar-refractivity contribution in [1.82, 2.24) is 0 Å². The van der Waals surface area contributed by atoms with Gasteiger partial charge in [0.05, 0.1) is 11.8 Å². The van der Waals surface area contributed by atoms with Gasteiger partial charge in [-0.25, -0.2) is 0 Å². The zero-order chi connectivity index (χ0) is 12.5. The van der Waals surface area contributed by atoms with Crippen molar-refractivity contribution in [2.75, 3.05) is 16.8 Å². The Labute approximate surface area is 106 Å². The van der Waals surface area contributed by atoms with Crippen molar-refractivity contribution in [2.45, 2.75) is 19.8 Å². The van der Waals surface area contributed by atoms with Crippen LogP contribution in [0.5, 0.6) is 0 Å². The van der Waals surface area contributed by atoms with Crippen molar-refractivity contribution < 1.29 is 4.79 Å². The van der Waals surface area contributed by atoms with Gasteiger partial charge in [-0.15, -0.1) is 0 Å². The minimum absolute atomic E-state index is 0.0165. The number of hydrogen-bond donors (Lipinski definition) is 1. The van der Waals surface area contributed by atoms with Crippen LogP contribution >= 0.6 is 11.8 Å². The Kier molecular flexibility index (Phi) is 6.19. The number of carbonyl (C=O) groups excluding carboxylic acids is 1. The monoisotopic (exact) mass is 248 g/mol. The predicted octanol–water partition coefficient (Wildman–Crippen LogP) is 2.83. The summed E-state index contributed by atoms with van der Waals surface area (Å²) in [5, 5.41) is 11.2. The molecule has 4 heteroatoms. The van der Waals surface area contributed by atoms with Crippen LogP contribution in [-0.2, 0) is 11.2 Å². The lowest BCUT2D eigenvalue weighted by Crippen LogP contribution is -2.14. The van der Waals surface area contributed by atoms with Gasteiger partial charge in [-0.2, -0.15) is 17.0 Å². The number of nitriles is 1. The van der Waals surface area contributed by atoms with E-state index in [4.69, 9.17) is 5.26 Å². The maximum atomic E-state index is 11.5. The molecule has 1 N–H and O–H groups in total. The van der Waals surface area contributed by atoms with Gasteiger partial charge in [-0.1, -0.05) is 19.1 Å². The van der Waals surface area contributed by atoms with Gasteiger partial charge in [-0.05, 0) is 24.1 Å². The number of carbonyl (C=O) groups is 1. The molecule has 0 aromatic heterocycles. The molecule has 1 rings (SSSR count). The van der Waals surface area contributed by atoms with Crippen LogP contribution in [0, 0.1) is 11.3 Å². The third kappa shape index (κ3) is 5.41. The van der Waals surface area contributed by atoms with Crippen molar-refractivity contribution in [3.63, 3.8) is 0 Å². The average molecular weight is 248 g/mol. The number of thioether (sulfide) groups is 1. The fraction of sp³-hybridized carbons (Fsp3) is 0.385. The Morgan fingerprint density at radius 2 is 2.12 bits per heavy atom. The Morgan fingerprint density at radius 3 is 2.71 bits per heavy atom. The molecule has 0 atom stereocenters. The molecule has 0 radical (unpaired) electrons. The van der Waals surface area contributed by atoms with E-state index in [1.165, 1.54) is 17.3 Å². The third-order valence-corrected chi connectivity index (χ3v) is 3.20. The van der Waals surface area contributed by atoms with E-state index in [1.54, 1.807) is 0 Å². The Balaban J connectivity index is 2.32. The number of anilines is 1. The SMILES string of the molecule is CCc1ccc(NC(=O)CSCCC#N)cc1. The fourth-order valence-corrected chi connectivity index (χ4v) is 1.94. The molecule has 0 spiro atoms. The van der Waals surface area contributed by atoms with Gasteiger partial charge in [0, 0.05) is 17.9 Å². The second-order valence-electron chi connectivity index (χ2n) is 3.56. The summed E-state index contributed by atoms with van der Waals surface area (Å²) >= 11 is 1.48. The van der Waals surface area contributed by atoms with E-state index in [0.29, 0.717) is 17.9 Å². The van der Waals surface area contributed by atoms with E-state index in [1.807, 2.05) is 24.3 Å². The molecule has 1 aromatic carbocycles. The van der Waals surface area contributed by atoms with Crippen molar-refractivity contribution in [3.05, 3.63) is 29.8 Å². The standard InChI is InChI=1S/C13H16N2OS/c1-2-11-4-6-12(7-5-11)15-13(16)10-17-9-3-8-14/h4-7H,2-3,9-10H2,1H3,(H,15,16). The predicted molar refractivity (Wildman–Crippen MR) is 72.0 cm³/mol. The third-order valence-electron chi connectivity index (χ3n) is 2.24. The van der Waals surface area contributed by atoms with Crippen LogP contribution in [0.15, 0.2) is 24.3 Å². The van der Waals surface area contributed by atoms with Gasteiger partial charge >= 0.3 is 0 Å². The molecule has 0 aliphatic rings. The smallest absolute Gasteiger partial charge is 0.234 e. The minimum Gasteiger partial charge on any atom is -0.325 e. The van der Waals surface area contributed by atoms with Crippen molar-refractivity contribution in [2.24, 2.45) is 0 Å². The molecular formula is C13H16N2OS. The highest BCUT2D eigenvalue weighted by Crippen LogP contribution is 2.11. The molecule has 1 amide bonds. The largest absolute Gasteiger partial charge is 0.325 e. The summed E-state index contributed by atoms with van der Waals surface area (Å²) in [6, 6.07) is 9.90. The average Bonchev–Trinajstić information content (AvgIpc) is 2.36. The van der Waals surface area contributed by atoms with Gasteiger partial charge in [0.1, 0.15) is 0 Å². The summed E-state index contributed by atoms with van der Waals surface area (Å²) in [5.74, 6) is 1.09. The van der Waals surface area contributed by atoms with E-state index in [-0.39, 0.29) is 5.91 Å². The van der Waals surface area contributed by atoms with E-state index in [9.17, 15) is 4.79 Å². The molecule has 0 heterocycles. The maximum Gasteiger partial charge on any atom is 0.234 e. The van der Waals surface area contributed by atoms with Crippen LogP contribution in [0.25, 0.3) is 0 Å². The zero-order valence-electron chi connectivity index (χ0n) is 9.90. The lowest BCUT2D eigenvalue weighted by Gasteiger charge is -2.05. The van der Waals surface area contributed by atoms with E-state index in [2.05, 4.69) is 18.3 Å². The van der Waals surface area contributed by atoms with E-state index < -0.39 is 0 Å². The molecular weight excluding hydrogens is 232 g/mol. The Bertz CT molecular complexity index is 395. The van der Waals surface area contributed by atoms with E-state index in [0.717, 1.165) is 12.1 Å². The van der Waals surface area contributed by atoms with Gasteiger partial charge in [-0.3, -0.25) is 4.79 Å². The van der Waals surface area contributed by atoms with Gasteiger partial charge in [0.25, 0.3) is 0 Å². The molecule has 0 fully saturated rings. The number of amides is 1. The van der Waals surface area contributed by atoms with Crippen LogP contribution in [0.4, 0.5) is 5.69 Å². The van der Waals surface area contributed by atoms with Crippen molar-refractivity contribution in [3.8, 4) is 6.07 Å². The molecule has 1 aromatic rings. The minimum atomic E-state index is -0.0165. The van der Waals surface area contributed by atoms with Crippen LogP contribution in [0.3, 0.4) is 0 Å². The summed E-state index contributed by atoms with van der Waals surface area (Å²) in [5.41, 5.74) is 2.08. The molecule has 0 bridgehead atoms. The molecule has 0 aliphatic heterocycles. The first-order chi connectivity index (χ1) is 8.26. The Hall–Kier alpha value is -1.47. The normalized spacial score (nSPS) is 9.65. The number of benzene rings is 1. The quantitative estimate of drug-likeness (QED) is 0.788. The van der Waals surface area contributed by atoms with Gasteiger partial charge < -0.3 is 5.32 Å². The van der Waals surface area contributed by atoms with Crippen LogP contribution < -0.4 is 5.32 Å². The molecule has 0 saturated heterocycles.